The van der Waals surface area contributed by atoms with E-state index in [2.05, 4.69) is 5.32 Å². The Kier molecular flexibility index (Phi) is 3.61. The minimum atomic E-state index is -4.38. The van der Waals surface area contributed by atoms with Gasteiger partial charge in [-0.1, -0.05) is 12.1 Å². The third-order valence-corrected chi connectivity index (χ3v) is 3.04. The van der Waals surface area contributed by atoms with Crippen molar-refractivity contribution >= 4 is 11.5 Å². The summed E-state index contributed by atoms with van der Waals surface area (Å²) in [4.78, 5) is 11.1. The van der Waals surface area contributed by atoms with Crippen molar-refractivity contribution in [1.82, 2.24) is 5.32 Å². The van der Waals surface area contributed by atoms with Crippen LogP contribution in [0.2, 0.25) is 0 Å². The molecule has 0 bridgehead atoms. The molecule has 0 saturated carbocycles. The molecule has 0 radical (unpaired) electrons. The largest absolute Gasteiger partial charge is 0.478 e. The number of alkyl halides is 3. The maximum atomic E-state index is 12.4. The predicted molar refractivity (Wildman–Crippen MR) is 63.5 cm³/mol. The zero-order chi connectivity index (χ0) is 14.0. The van der Waals surface area contributed by atoms with Gasteiger partial charge in [-0.3, -0.25) is 0 Å². The number of hydrogen-bond donors (Lipinski definition) is 2. The number of carbonyl (C=O) groups is 1. The molecule has 0 amide bonds. The third-order valence-electron chi connectivity index (χ3n) is 3.04. The highest BCUT2D eigenvalue weighted by molar-refractivity contribution is 5.97. The second-order valence-corrected chi connectivity index (χ2v) is 4.26. The molecule has 0 unspecified atom stereocenters. The van der Waals surface area contributed by atoms with Gasteiger partial charge >= 0.3 is 12.1 Å². The first-order chi connectivity index (χ1) is 8.89. The number of halogens is 3. The van der Waals surface area contributed by atoms with E-state index in [1.165, 1.54) is 12.1 Å². The summed E-state index contributed by atoms with van der Waals surface area (Å²) >= 11 is 0. The second-order valence-electron chi connectivity index (χ2n) is 4.26. The van der Waals surface area contributed by atoms with Gasteiger partial charge < -0.3 is 10.4 Å². The molecule has 2 rings (SSSR count). The van der Waals surface area contributed by atoms with Crippen molar-refractivity contribution in [2.75, 3.05) is 13.1 Å². The van der Waals surface area contributed by atoms with Gasteiger partial charge in [0.25, 0.3) is 0 Å². The molecule has 1 heterocycles. The summed E-state index contributed by atoms with van der Waals surface area (Å²) in [7, 11) is 0. The highest BCUT2D eigenvalue weighted by atomic mass is 19.4. The number of nitrogens with one attached hydrogen (secondary N) is 1. The maximum Gasteiger partial charge on any atom is 0.416 e. The highest BCUT2D eigenvalue weighted by Crippen LogP contribution is 2.31. The van der Waals surface area contributed by atoms with Crippen LogP contribution in [0.15, 0.2) is 29.8 Å². The molecular formula is C13H12F3NO2. The summed E-state index contributed by atoms with van der Waals surface area (Å²) < 4.78 is 37.3. The molecule has 1 aromatic carbocycles. The van der Waals surface area contributed by atoms with Crippen LogP contribution in [0.25, 0.3) is 5.57 Å². The average molecular weight is 271 g/mol. The van der Waals surface area contributed by atoms with Gasteiger partial charge in [0.2, 0.25) is 0 Å². The lowest BCUT2D eigenvalue weighted by Gasteiger charge is -2.19. The Morgan fingerprint density at radius 3 is 2.37 bits per heavy atom. The summed E-state index contributed by atoms with van der Waals surface area (Å²) in [5.74, 6) is -1.02. The van der Waals surface area contributed by atoms with E-state index in [1.807, 2.05) is 0 Å². The molecule has 19 heavy (non-hydrogen) atoms. The average Bonchev–Trinajstić information content (AvgIpc) is 2.38. The van der Waals surface area contributed by atoms with Gasteiger partial charge in [0.1, 0.15) is 0 Å². The molecule has 2 N–H and O–H groups in total. The molecule has 0 atom stereocenters. The van der Waals surface area contributed by atoms with E-state index < -0.39 is 17.7 Å². The molecule has 0 saturated heterocycles. The molecule has 6 heteroatoms. The van der Waals surface area contributed by atoms with Crippen molar-refractivity contribution in [3.05, 3.63) is 41.0 Å². The van der Waals surface area contributed by atoms with E-state index in [-0.39, 0.29) is 5.57 Å². The quantitative estimate of drug-likeness (QED) is 0.869. The van der Waals surface area contributed by atoms with E-state index in [0.717, 1.165) is 12.1 Å². The Labute approximate surface area is 107 Å². The van der Waals surface area contributed by atoms with Crippen molar-refractivity contribution in [3.63, 3.8) is 0 Å². The van der Waals surface area contributed by atoms with Crippen molar-refractivity contribution < 1.29 is 23.1 Å². The van der Waals surface area contributed by atoms with Crippen LogP contribution in [0.3, 0.4) is 0 Å². The number of carboxylic acids is 1. The molecule has 0 aliphatic carbocycles. The zero-order valence-electron chi connectivity index (χ0n) is 9.92. The van der Waals surface area contributed by atoms with Crippen molar-refractivity contribution in [2.45, 2.75) is 12.6 Å². The Bertz CT molecular complexity index is 518. The van der Waals surface area contributed by atoms with Crippen LogP contribution in [-0.4, -0.2) is 24.2 Å². The fourth-order valence-corrected chi connectivity index (χ4v) is 2.06. The summed E-state index contributed by atoms with van der Waals surface area (Å²) in [5, 5.41) is 12.1. The van der Waals surface area contributed by atoms with Crippen molar-refractivity contribution in [2.24, 2.45) is 0 Å². The van der Waals surface area contributed by atoms with Crippen molar-refractivity contribution in [3.8, 4) is 0 Å². The van der Waals surface area contributed by atoms with Gasteiger partial charge in [-0.2, -0.15) is 13.2 Å². The van der Waals surface area contributed by atoms with Gasteiger partial charge in [-0.25, -0.2) is 4.79 Å². The fourth-order valence-electron chi connectivity index (χ4n) is 2.06. The van der Waals surface area contributed by atoms with Crippen LogP contribution in [0.4, 0.5) is 13.2 Å². The van der Waals surface area contributed by atoms with E-state index in [0.29, 0.717) is 30.6 Å². The first-order valence-corrected chi connectivity index (χ1v) is 5.73. The van der Waals surface area contributed by atoms with E-state index in [9.17, 15) is 18.0 Å². The normalized spacial score (nSPS) is 16.6. The lowest BCUT2D eigenvalue weighted by atomic mass is 9.94. The van der Waals surface area contributed by atoms with Crippen LogP contribution in [0.5, 0.6) is 0 Å². The van der Waals surface area contributed by atoms with Crippen LogP contribution in [0, 0.1) is 0 Å². The van der Waals surface area contributed by atoms with Gasteiger partial charge in [0.15, 0.2) is 0 Å². The van der Waals surface area contributed by atoms with Crippen LogP contribution < -0.4 is 5.32 Å². The van der Waals surface area contributed by atoms with Gasteiger partial charge in [0.05, 0.1) is 5.56 Å². The highest BCUT2D eigenvalue weighted by Gasteiger charge is 2.30. The van der Waals surface area contributed by atoms with Crippen LogP contribution in [-0.2, 0) is 11.0 Å². The minimum Gasteiger partial charge on any atom is -0.478 e. The standard InChI is InChI=1S/C13H12F3NO2/c14-13(15,16)9-3-1-8(2-4-9)11-7-17-6-5-10(11)12(18)19/h1-4,17H,5-7H2,(H,18,19). The number of aliphatic carboxylic acids is 1. The first-order valence-electron chi connectivity index (χ1n) is 5.73. The van der Waals surface area contributed by atoms with E-state index in [4.69, 9.17) is 5.11 Å². The van der Waals surface area contributed by atoms with Crippen LogP contribution in [0.1, 0.15) is 17.5 Å². The fraction of sp³-hybridized carbons (Fsp3) is 0.308. The number of carboxylic acid groups (broad SMARTS) is 1. The lowest BCUT2D eigenvalue weighted by molar-refractivity contribution is -0.137. The molecule has 3 nitrogen and oxygen atoms in total. The number of rotatable bonds is 2. The lowest BCUT2D eigenvalue weighted by Crippen LogP contribution is -2.27. The molecular weight excluding hydrogens is 259 g/mol. The minimum absolute atomic E-state index is 0.263. The summed E-state index contributed by atoms with van der Waals surface area (Å²) in [5.41, 5.74) is 0.584. The molecule has 1 aliphatic rings. The summed E-state index contributed by atoms with van der Waals surface area (Å²) in [6.45, 7) is 0.915. The zero-order valence-corrected chi connectivity index (χ0v) is 9.92. The van der Waals surface area contributed by atoms with E-state index in [1.54, 1.807) is 0 Å². The topological polar surface area (TPSA) is 49.3 Å². The predicted octanol–water partition coefficient (Wildman–Crippen LogP) is 2.54. The monoisotopic (exact) mass is 271 g/mol. The van der Waals surface area contributed by atoms with E-state index >= 15 is 0 Å². The Morgan fingerprint density at radius 2 is 1.84 bits per heavy atom. The summed E-state index contributed by atoms with van der Waals surface area (Å²) in [6.07, 6.45) is -4.01. The molecule has 0 fully saturated rings. The Morgan fingerprint density at radius 1 is 1.21 bits per heavy atom. The van der Waals surface area contributed by atoms with Gasteiger partial charge in [-0.05, 0) is 36.2 Å². The molecule has 1 aromatic rings. The SMILES string of the molecule is O=C(O)C1=C(c2ccc(C(F)(F)F)cc2)CNCC1. The maximum absolute atomic E-state index is 12.4. The second kappa shape index (κ2) is 5.05. The summed E-state index contributed by atoms with van der Waals surface area (Å²) in [6, 6.07) is 4.56. The molecule has 0 aromatic heterocycles. The molecule has 1 aliphatic heterocycles. The Balaban J connectivity index is 2.38. The first kappa shape index (κ1) is 13.6. The van der Waals surface area contributed by atoms with Crippen LogP contribution >= 0.6 is 0 Å². The van der Waals surface area contributed by atoms with Gasteiger partial charge in [-0.15, -0.1) is 0 Å². The van der Waals surface area contributed by atoms with Crippen molar-refractivity contribution in [1.29, 1.82) is 0 Å². The van der Waals surface area contributed by atoms with Gasteiger partial charge in [0, 0.05) is 12.1 Å². The molecule has 0 spiro atoms. The Hall–Kier alpha value is -1.82. The number of hydrogen-bond acceptors (Lipinski definition) is 2. The smallest absolute Gasteiger partial charge is 0.416 e. The molecule has 102 valence electrons. The number of benzene rings is 1. The third kappa shape index (κ3) is 2.96.